The number of amidine groups is 1. The van der Waals surface area contributed by atoms with Gasteiger partial charge in [0.2, 0.25) is 5.91 Å². The van der Waals surface area contributed by atoms with Crippen molar-refractivity contribution in [3.05, 3.63) is 41.2 Å². The van der Waals surface area contributed by atoms with Gasteiger partial charge in [-0.2, -0.15) is 0 Å². The molecular weight excluding hydrogens is 398 g/mol. The van der Waals surface area contributed by atoms with Gasteiger partial charge in [0.1, 0.15) is 11.7 Å². The summed E-state index contributed by atoms with van der Waals surface area (Å²) in [4.78, 5) is 19.1. The van der Waals surface area contributed by atoms with Gasteiger partial charge >= 0.3 is 0 Å². The van der Waals surface area contributed by atoms with E-state index >= 15 is 0 Å². The molecule has 0 spiro atoms. The van der Waals surface area contributed by atoms with E-state index in [-0.39, 0.29) is 11.0 Å². The van der Waals surface area contributed by atoms with Crippen LogP contribution in [0.4, 0.5) is 5.69 Å². The molecule has 6 heteroatoms. The summed E-state index contributed by atoms with van der Waals surface area (Å²) in [5.74, 6) is 2.32. The van der Waals surface area contributed by atoms with Gasteiger partial charge < -0.3 is 21.3 Å². The van der Waals surface area contributed by atoms with Gasteiger partial charge in [-0.1, -0.05) is 46.6 Å². The number of hydrogen-bond acceptors (Lipinski definition) is 5. The molecule has 2 aliphatic carbocycles. The van der Waals surface area contributed by atoms with E-state index in [0.717, 1.165) is 29.5 Å². The lowest BCUT2D eigenvalue weighted by Gasteiger charge is -2.32. The van der Waals surface area contributed by atoms with Crippen LogP contribution in [0.3, 0.4) is 0 Å². The van der Waals surface area contributed by atoms with Crippen molar-refractivity contribution in [2.75, 3.05) is 18.9 Å². The predicted molar refractivity (Wildman–Crippen MR) is 132 cm³/mol. The lowest BCUT2D eigenvalue weighted by Crippen LogP contribution is -2.44. The van der Waals surface area contributed by atoms with E-state index in [1.807, 2.05) is 19.1 Å². The average Bonchev–Trinajstić information content (AvgIpc) is 3.01. The van der Waals surface area contributed by atoms with Crippen LogP contribution in [0.1, 0.15) is 69.3 Å². The monoisotopic (exact) mass is 437 g/mol. The smallest absolute Gasteiger partial charge is 0.248 e. The molecule has 0 saturated heterocycles. The highest BCUT2D eigenvalue weighted by atomic mass is 16.1. The number of amides is 1. The number of fused-ring (bicyclic) bond motifs is 1. The molecule has 6 nitrogen and oxygen atoms in total. The van der Waals surface area contributed by atoms with Crippen LogP contribution in [-0.2, 0) is 0 Å². The molecule has 174 valence electrons. The standard InChI is InChI=1S/C26H39N5O/c1-16-11-12-18(23(27)32)13-20(16)28-24-22-17(2)26(22,30-19-9-7-8-10-19)14-21(29-24)31(6)15-25(3,4)5/h11-14,17,19,22,30H,7-10,15H2,1-6H3,(H2,27,32)(H,28,29). The van der Waals surface area contributed by atoms with Crippen molar-refractivity contribution in [2.24, 2.45) is 28.0 Å². The quantitative estimate of drug-likeness (QED) is 0.620. The zero-order chi connectivity index (χ0) is 23.3. The van der Waals surface area contributed by atoms with Crippen LogP contribution in [-0.4, -0.2) is 41.8 Å². The Kier molecular flexibility index (Phi) is 5.86. The number of primary amides is 1. The number of benzene rings is 1. The number of rotatable bonds is 6. The van der Waals surface area contributed by atoms with Crippen LogP contribution in [0.5, 0.6) is 0 Å². The van der Waals surface area contributed by atoms with Crippen molar-refractivity contribution >= 4 is 17.4 Å². The molecule has 3 aliphatic rings. The first-order valence-electron chi connectivity index (χ1n) is 12.0. The first-order valence-corrected chi connectivity index (χ1v) is 12.0. The number of nitrogens with zero attached hydrogens (tertiary/aromatic N) is 2. The molecule has 2 saturated carbocycles. The number of anilines is 1. The van der Waals surface area contributed by atoms with Crippen molar-refractivity contribution < 1.29 is 4.79 Å². The summed E-state index contributed by atoms with van der Waals surface area (Å²) >= 11 is 0. The summed E-state index contributed by atoms with van der Waals surface area (Å²) < 4.78 is 0. The minimum atomic E-state index is -0.416. The Balaban J connectivity index is 1.67. The van der Waals surface area contributed by atoms with Gasteiger partial charge in [0, 0.05) is 36.8 Å². The first-order chi connectivity index (χ1) is 15.0. The minimum absolute atomic E-state index is 0.0598. The topological polar surface area (TPSA) is 82.8 Å². The van der Waals surface area contributed by atoms with E-state index in [0.29, 0.717) is 23.4 Å². The molecule has 4 N–H and O–H groups in total. The van der Waals surface area contributed by atoms with E-state index in [4.69, 9.17) is 10.7 Å². The van der Waals surface area contributed by atoms with E-state index in [1.165, 1.54) is 25.7 Å². The second-order valence-corrected chi connectivity index (χ2v) is 11.3. The molecule has 1 amide bonds. The molecule has 3 atom stereocenters. The molecule has 3 unspecified atom stereocenters. The highest BCUT2D eigenvalue weighted by Gasteiger charge is 2.65. The van der Waals surface area contributed by atoms with Gasteiger partial charge in [-0.15, -0.1) is 0 Å². The van der Waals surface area contributed by atoms with Gasteiger partial charge in [0.15, 0.2) is 0 Å². The minimum Gasteiger partial charge on any atom is -0.366 e. The third kappa shape index (κ3) is 4.42. The van der Waals surface area contributed by atoms with Crippen molar-refractivity contribution in [1.29, 1.82) is 0 Å². The number of hydrogen-bond donors (Lipinski definition) is 3. The zero-order valence-electron chi connectivity index (χ0n) is 20.5. The molecule has 2 fully saturated rings. The highest BCUT2D eigenvalue weighted by molar-refractivity contribution is 6.04. The molecular formula is C26H39N5O. The summed E-state index contributed by atoms with van der Waals surface area (Å²) in [6, 6.07) is 6.14. The SMILES string of the molecule is Cc1ccc(C(N)=O)cc1NC1=NC(N(C)CC(C)(C)C)=CC2(NC3CCCC3)C(C)C12. The van der Waals surface area contributed by atoms with Crippen molar-refractivity contribution in [1.82, 2.24) is 10.2 Å². The highest BCUT2D eigenvalue weighted by Crippen LogP contribution is 2.56. The van der Waals surface area contributed by atoms with Crippen LogP contribution in [0.2, 0.25) is 0 Å². The number of nitrogens with two attached hydrogens (primary N) is 1. The summed E-state index contributed by atoms with van der Waals surface area (Å²) in [5, 5.41) is 7.63. The maximum Gasteiger partial charge on any atom is 0.248 e. The van der Waals surface area contributed by atoms with Crippen LogP contribution >= 0.6 is 0 Å². The summed E-state index contributed by atoms with van der Waals surface area (Å²) in [7, 11) is 2.13. The maximum absolute atomic E-state index is 11.7. The third-order valence-corrected chi connectivity index (χ3v) is 7.25. The van der Waals surface area contributed by atoms with E-state index < -0.39 is 5.91 Å². The molecule has 32 heavy (non-hydrogen) atoms. The van der Waals surface area contributed by atoms with Gasteiger partial charge in [0.05, 0.1) is 5.54 Å². The number of aliphatic imine (C=N–C) groups is 1. The second-order valence-electron chi connectivity index (χ2n) is 11.3. The van der Waals surface area contributed by atoms with Gasteiger partial charge in [-0.3, -0.25) is 4.79 Å². The van der Waals surface area contributed by atoms with Crippen LogP contribution < -0.4 is 16.4 Å². The fraction of sp³-hybridized carbons (Fsp3) is 0.615. The fourth-order valence-electron chi connectivity index (χ4n) is 5.54. The van der Waals surface area contributed by atoms with Crippen LogP contribution in [0.25, 0.3) is 0 Å². The third-order valence-electron chi connectivity index (χ3n) is 7.25. The maximum atomic E-state index is 11.7. The average molecular weight is 438 g/mol. The molecule has 1 aliphatic heterocycles. The normalized spacial score (nSPS) is 27.4. The van der Waals surface area contributed by atoms with Gasteiger partial charge in [0.25, 0.3) is 0 Å². The Morgan fingerprint density at radius 2 is 1.97 bits per heavy atom. The summed E-state index contributed by atoms with van der Waals surface area (Å²) in [6.45, 7) is 12.0. The summed E-state index contributed by atoms with van der Waals surface area (Å²) in [5.41, 5.74) is 8.12. The zero-order valence-corrected chi connectivity index (χ0v) is 20.5. The Hall–Kier alpha value is -2.34. The molecule has 1 heterocycles. The van der Waals surface area contributed by atoms with Gasteiger partial charge in [-0.25, -0.2) is 4.99 Å². The molecule has 0 aromatic heterocycles. The van der Waals surface area contributed by atoms with Crippen molar-refractivity contribution in [3.8, 4) is 0 Å². The number of nitrogens with one attached hydrogen (secondary N) is 2. The van der Waals surface area contributed by atoms with Crippen LogP contribution in [0.15, 0.2) is 35.1 Å². The first kappa shape index (κ1) is 22.8. The van der Waals surface area contributed by atoms with Crippen molar-refractivity contribution in [2.45, 2.75) is 71.9 Å². The molecule has 0 bridgehead atoms. The largest absolute Gasteiger partial charge is 0.366 e. The van der Waals surface area contributed by atoms with Crippen LogP contribution in [0, 0.1) is 24.2 Å². The number of aryl methyl sites for hydroxylation is 1. The van der Waals surface area contributed by atoms with E-state index in [2.05, 4.69) is 56.4 Å². The molecule has 1 aromatic rings. The lowest BCUT2D eigenvalue weighted by molar-refractivity contribution is 0.100. The molecule has 1 aromatic carbocycles. The Bertz CT molecular complexity index is 953. The molecule has 4 rings (SSSR count). The van der Waals surface area contributed by atoms with E-state index in [1.54, 1.807) is 6.07 Å². The van der Waals surface area contributed by atoms with E-state index in [9.17, 15) is 4.79 Å². The number of carbonyl (C=O) groups excluding carboxylic acids is 1. The second kappa shape index (κ2) is 8.22. The molecule has 0 radical (unpaired) electrons. The Morgan fingerprint density at radius 3 is 2.59 bits per heavy atom. The van der Waals surface area contributed by atoms with Crippen molar-refractivity contribution in [3.63, 3.8) is 0 Å². The number of carbonyl (C=O) groups is 1. The fourth-order valence-corrected chi connectivity index (χ4v) is 5.54. The Morgan fingerprint density at radius 1 is 1.28 bits per heavy atom. The Labute approximate surface area is 192 Å². The lowest BCUT2D eigenvalue weighted by atomic mass is 9.96. The predicted octanol–water partition coefficient (Wildman–Crippen LogP) is 4.27. The summed E-state index contributed by atoms with van der Waals surface area (Å²) in [6.07, 6.45) is 7.51. The van der Waals surface area contributed by atoms with Gasteiger partial charge in [-0.05, 0) is 54.9 Å².